The zero-order valence-electron chi connectivity index (χ0n) is 9.50. The molecule has 1 aromatic carbocycles. The monoisotopic (exact) mass is 203 g/mol. The summed E-state index contributed by atoms with van der Waals surface area (Å²) < 4.78 is 5.54. The maximum absolute atomic E-state index is 5.87. The second kappa shape index (κ2) is 5.43. The van der Waals surface area contributed by atoms with Gasteiger partial charge in [0.15, 0.2) is 0 Å². The first-order valence-electron chi connectivity index (χ1n) is 5.03. The molecule has 0 radical (unpaired) electrons. The van der Waals surface area contributed by atoms with E-state index >= 15 is 0 Å². The van der Waals surface area contributed by atoms with Crippen molar-refractivity contribution < 1.29 is 4.74 Å². The molecule has 0 heterocycles. The molecule has 80 valence electrons. The Morgan fingerprint density at radius 1 is 1.47 bits per heavy atom. The van der Waals surface area contributed by atoms with Gasteiger partial charge in [-0.1, -0.05) is 23.6 Å². The van der Waals surface area contributed by atoms with Gasteiger partial charge in [-0.05, 0) is 26.8 Å². The van der Waals surface area contributed by atoms with Crippen molar-refractivity contribution in [2.24, 2.45) is 5.73 Å². The van der Waals surface area contributed by atoms with Crippen molar-refractivity contribution in [2.45, 2.75) is 26.8 Å². The van der Waals surface area contributed by atoms with Crippen LogP contribution in [0.5, 0.6) is 5.75 Å². The number of ether oxygens (including phenoxy) is 1. The highest BCUT2D eigenvalue weighted by Gasteiger charge is 2.07. The van der Waals surface area contributed by atoms with Crippen molar-refractivity contribution in [3.8, 4) is 17.6 Å². The zero-order chi connectivity index (χ0) is 11.3. The van der Waals surface area contributed by atoms with Gasteiger partial charge in [-0.3, -0.25) is 0 Å². The summed E-state index contributed by atoms with van der Waals surface area (Å²) in [6.07, 6.45) is 0. The van der Waals surface area contributed by atoms with Gasteiger partial charge < -0.3 is 10.5 Å². The molecule has 15 heavy (non-hydrogen) atoms. The van der Waals surface area contributed by atoms with E-state index in [0.717, 1.165) is 11.3 Å². The zero-order valence-corrected chi connectivity index (χ0v) is 9.50. The smallest absolute Gasteiger partial charge is 0.149 e. The number of aryl methyl sites for hydroxylation is 1. The van der Waals surface area contributed by atoms with Crippen LogP contribution < -0.4 is 10.5 Å². The summed E-state index contributed by atoms with van der Waals surface area (Å²) >= 11 is 0. The van der Waals surface area contributed by atoms with Gasteiger partial charge in [0, 0.05) is 11.6 Å². The number of hydrogen-bond acceptors (Lipinski definition) is 2. The average Bonchev–Trinajstić information content (AvgIpc) is 2.20. The van der Waals surface area contributed by atoms with Crippen molar-refractivity contribution in [3.05, 3.63) is 29.3 Å². The second-order valence-corrected chi connectivity index (χ2v) is 3.55. The Morgan fingerprint density at radius 2 is 2.20 bits per heavy atom. The van der Waals surface area contributed by atoms with Crippen molar-refractivity contribution >= 4 is 0 Å². The molecule has 1 rings (SSSR count). The van der Waals surface area contributed by atoms with E-state index in [2.05, 4.69) is 17.9 Å². The van der Waals surface area contributed by atoms with Gasteiger partial charge in [0.2, 0.25) is 0 Å². The molecule has 0 bridgehead atoms. The predicted molar refractivity (Wildman–Crippen MR) is 62.7 cm³/mol. The van der Waals surface area contributed by atoms with Crippen LogP contribution in [0, 0.1) is 18.8 Å². The average molecular weight is 203 g/mol. The summed E-state index contributed by atoms with van der Waals surface area (Å²) in [5.41, 5.74) is 8.10. The molecule has 0 aliphatic heterocycles. The van der Waals surface area contributed by atoms with Crippen molar-refractivity contribution in [1.29, 1.82) is 0 Å². The fourth-order valence-electron chi connectivity index (χ4n) is 1.34. The minimum atomic E-state index is -0.0190. The highest BCUT2D eigenvalue weighted by atomic mass is 16.5. The third-order valence-electron chi connectivity index (χ3n) is 2.13. The van der Waals surface area contributed by atoms with Gasteiger partial charge >= 0.3 is 0 Å². The number of nitrogens with two attached hydrogens (primary N) is 1. The SMILES string of the molecule is CC#CCOc1ccc(C)cc1[C@@H](C)N. The predicted octanol–water partition coefficient (Wildman–Crippen LogP) is 2.42. The van der Waals surface area contributed by atoms with E-state index in [-0.39, 0.29) is 6.04 Å². The molecule has 2 nitrogen and oxygen atoms in total. The number of rotatable bonds is 3. The lowest BCUT2D eigenvalue weighted by molar-refractivity contribution is 0.364. The van der Waals surface area contributed by atoms with Crippen LogP contribution in [0.15, 0.2) is 18.2 Å². The van der Waals surface area contributed by atoms with Crippen molar-refractivity contribution in [2.75, 3.05) is 6.61 Å². The number of hydrogen-bond donors (Lipinski definition) is 1. The Bertz CT molecular complexity index is 385. The maximum atomic E-state index is 5.87. The summed E-state index contributed by atoms with van der Waals surface area (Å²) in [5.74, 6) is 6.49. The Kier molecular flexibility index (Phi) is 4.20. The van der Waals surface area contributed by atoms with Crippen LogP contribution in [0.4, 0.5) is 0 Å². The van der Waals surface area contributed by atoms with Crippen LogP contribution in [0.2, 0.25) is 0 Å². The van der Waals surface area contributed by atoms with E-state index in [0.29, 0.717) is 6.61 Å². The van der Waals surface area contributed by atoms with Crippen LogP contribution >= 0.6 is 0 Å². The first-order chi connectivity index (χ1) is 7.15. The highest BCUT2D eigenvalue weighted by molar-refractivity contribution is 5.38. The summed E-state index contributed by atoms with van der Waals surface area (Å²) in [5, 5.41) is 0. The second-order valence-electron chi connectivity index (χ2n) is 3.55. The van der Waals surface area contributed by atoms with E-state index in [1.807, 2.05) is 26.0 Å². The lowest BCUT2D eigenvalue weighted by Gasteiger charge is -2.13. The first-order valence-corrected chi connectivity index (χ1v) is 5.03. The third-order valence-corrected chi connectivity index (χ3v) is 2.13. The van der Waals surface area contributed by atoms with E-state index in [9.17, 15) is 0 Å². The fourth-order valence-corrected chi connectivity index (χ4v) is 1.34. The molecule has 1 atom stereocenters. The summed E-state index contributed by atoms with van der Waals surface area (Å²) in [6.45, 7) is 6.21. The molecule has 0 aromatic heterocycles. The van der Waals surface area contributed by atoms with E-state index in [1.54, 1.807) is 6.92 Å². The molecular formula is C13H17NO. The van der Waals surface area contributed by atoms with Crippen LogP contribution in [0.3, 0.4) is 0 Å². The fraction of sp³-hybridized carbons (Fsp3) is 0.385. The maximum Gasteiger partial charge on any atom is 0.149 e. The van der Waals surface area contributed by atoms with Gasteiger partial charge in [0.1, 0.15) is 12.4 Å². The quantitative estimate of drug-likeness (QED) is 0.766. The highest BCUT2D eigenvalue weighted by Crippen LogP contribution is 2.24. The largest absolute Gasteiger partial charge is 0.481 e. The Labute approximate surface area is 91.4 Å². The van der Waals surface area contributed by atoms with Crippen LogP contribution in [-0.4, -0.2) is 6.61 Å². The molecule has 0 aliphatic rings. The molecule has 1 aromatic rings. The van der Waals surface area contributed by atoms with Crippen molar-refractivity contribution in [1.82, 2.24) is 0 Å². The van der Waals surface area contributed by atoms with E-state index < -0.39 is 0 Å². The summed E-state index contributed by atoms with van der Waals surface area (Å²) in [4.78, 5) is 0. The van der Waals surface area contributed by atoms with Gasteiger partial charge in [-0.25, -0.2) is 0 Å². The topological polar surface area (TPSA) is 35.2 Å². The normalized spacial score (nSPS) is 11.5. The molecule has 0 saturated heterocycles. The third kappa shape index (κ3) is 3.30. The molecular weight excluding hydrogens is 186 g/mol. The number of benzene rings is 1. The van der Waals surface area contributed by atoms with Crippen molar-refractivity contribution in [3.63, 3.8) is 0 Å². The lowest BCUT2D eigenvalue weighted by atomic mass is 10.1. The molecule has 0 saturated carbocycles. The minimum Gasteiger partial charge on any atom is -0.481 e. The lowest BCUT2D eigenvalue weighted by Crippen LogP contribution is -2.08. The molecule has 2 heteroatoms. The van der Waals surface area contributed by atoms with Crippen LogP contribution in [0.1, 0.15) is 31.0 Å². The minimum absolute atomic E-state index is 0.0190. The van der Waals surface area contributed by atoms with E-state index in [1.165, 1.54) is 5.56 Å². The van der Waals surface area contributed by atoms with Gasteiger partial charge in [-0.2, -0.15) is 0 Å². The van der Waals surface area contributed by atoms with Gasteiger partial charge in [0.05, 0.1) is 0 Å². The Balaban J connectivity index is 2.89. The molecule has 0 spiro atoms. The Morgan fingerprint density at radius 3 is 2.80 bits per heavy atom. The van der Waals surface area contributed by atoms with Crippen LogP contribution in [-0.2, 0) is 0 Å². The van der Waals surface area contributed by atoms with Gasteiger partial charge in [-0.15, -0.1) is 5.92 Å². The summed E-state index contributed by atoms with van der Waals surface area (Å²) in [7, 11) is 0. The van der Waals surface area contributed by atoms with Crippen LogP contribution in [0.25, 0.3) is 0 Å². The standard InChI is InChI=1S/C13H17NO/c1-4-5-8-15-13-7-6-10(2)9-12(13)11(3)14/h6-7,9,11H,8,14H2,1-3H3/t11-/m1/s1. The molecule has 0 fully saturated rings. The van der Waals surface area contributed by atoms with Gasteiger partial charge in [0.25, 0.3) is 0 Å². The molecule has 0 aliphatic carbocycles. The van der Waals surface area contributed by atoms with E-state index in [4.69, 9.17) is 10.5 Å². The summed E-state index contributed by atoms with van der Waals surface area (Å²) in [6, 6.07) is 6.00. The molecule has 0 amide bonds. The molecule has 0 unspecified atom stereocenters. The Hall–Kier alpha value is -1.46. The first kappa shape index (κ1) is 11.6. The molecule has 2 N–H and O–H groups in total.